The summed E-state index contributed by atoms with van der Waals surface area (Å²) in [6.45, 7) is 1.67. The van der Waals surface area contributed by atoms with Crippen LogP contribution in [0.2, 0.25) is 0 Å². The van der Waals surface area contributed by atoms with Crippen LogP contribution in [0.1, 0.15) is 23.0 Å². The van der Waals surface area contributed by atoms with E-state index in [1.54, 1.807) is 19.1 Å². The monoisotopic (exact) mass is 338 g/mol. The Hall–Kier alpha value is -2.12. The Bertz CT molecular complexity index is 721. The average molecular weight is 338 g/mol. The lowest BCUT2D eigenvalue weighted by Crippen LogP contribution is -2.16. The van der Waals surface area contributed by atoms with Crippen LogP contribution in [-0.2, 0) is 14.3 Å². The summed E-state index contributed by atoms with van der Waals surface area (Å²) >= 11 is 1.29. The first kappa shape index (κ1) is 17.2. The molecule has 23 heavy (non-hydrogen) atoms. The number of esters is 1. The smallest absolute Gasteiger partial charge is 0.308 e. The number of phenols is 1. The van der Waals surface area contributed by atoms with E-state index in [1.165, 1.54) is 31.6 Å². The molecule has 1 unspecified atom stereocenters. The molecule has 1 N–H and O–H groups in total. The van der Waals surface area contributed by atoms with E-state index in [-0.39, 0.29) is 24.7 Å². The topological polar surface area (TPSA) is 82.1 Å². The number of carbonyl (C=O) groups is 2. The third-order valence-corrected chi connectivity index (χ3v) is 4.44. The molecule has 124 valence electrons. The molecule has 2 rings (SSSR count). The van der Waals surface area contributed by atoms with Gasteiger partial charge in [0.1, 0.15) is 0 Å². The van der Waals surface area contributed by atoms with Gasteiger partial charge in [-0.1, -0.05) is 6.92 Å². The average Bonchev–Trinajstić information content (AvgIpc) is 2.94. The van der Waals surface area contributed by atoms with Crippen molar-refractivity contribution in [1.82, 2.24) is 0 Å². The number of Topliss-reactive ketones (excluding diaryl/α,β-unsaturated/α-hetero) is 1. The van der Waals surface area contributed by atoms with Crippen LogP contribution in [0.4, 0.5) is 0 Å². The normalized spacial score (nSPS) is 12.1. The summed E-state index contributed by atoms with van der Waals surface area (Å²) in [6, 6.07) is 4.90. The number of methoxy groups -OCH3 is 2. The highest BCUT2D eigenvalue weighted by atomic mass is 32.1. The van der Waals surface area contributed by atoms with E-state index in [9.17, 15) is 14.7 Å². The molecule has 1 heterocycles. The number of ketones is 1. The fourth-order valence-corrected chi connectivity index (χ4v) is 3.12. The second-order valence-corrected chi connectivity index (χ2v) is 6.15. The fourth-order valence-electron chi connectivity index (χ4n) is 2.09. The van der Waals surface area contributed by atoms with Gasteiger partial charge in [-0.2, -0.15) is 0 Å². The molecule has 0 spiro atoms. The molecular formula is C16H18O6S. The number of fused-ring (bicyclic) bond motifs is 1. The first-order chi connectivity index (χ1) is 11.0. The molecule has 0 aliphatic heterocycles. The Morgan fingerprint density at radius 1 is 1.26 bits per heavy atom. The Kier molecular flexibility index (Phi) is 5.57. The maximum absolute atomic E-state index is 12.3. The molecule has 2 aromatic rings. The summed E-state index contributed by atoms with van der Waals surface area (Å²) in [5.41, 5.74) is 0. The number of hydrogen-bond acceptors (Lipinski definition) is 7. The largest absolute Gasteiger partial charge is 0.504 e. The predicted octanol–water partition coefficient (Wildman–Crippen LogP) is 2.97. The van der Waals surface area contributed by atoms with Gasteiger partial charge in [-0.3, -0.25) is 9.59 Å². The minimum atomic E-state index is -0.494. The lowest BCUT2D eigenvalue weighted by atomic mass is 10.0. The standard InChI is InChI=1S/C16H18O6S/c1-9(16(19)21-3)4-12(18)15-6-10-5-11(17)13(22-8-20-2)7-14(10)23-15/h5-7,9,17H,4,8H2,1-3H3. The number of thiophene rings is 1. The summed E-state index contributed by atoms with van der Waals surface area (Å²) < 4.78 is 15.5. The maximum Gasteiger partial charge on any atom is 0.308 e. The number of carbonyl (C=O) groups excluding carboxylic acids is 2. The molecule has 0 fully saturated rings. The molecule has 0 amide bonds. The summed E-state index contributed by atoms with van der Waals surface area (Å²) in [5.74, 6) is -0.764. The van der Waals surface area contributed by atoms with Gasteiger partial charge in [0.2, 0.25) is 0 Å². The van der Waals surface area contributed by atoms with E-state index in [0.29, 0.717) is 10.6 Å². The Morgan fingerprint density at radius 2 is 2.00 bits per heavy atom. The molecule has 0 saturated heterocycles. The third kappa shape index (κ3) is 4.00. The molecule has 0 saturated carbocycles. The van der Waals surface area contributed by atoms with Crippen LogP contribution >= 0.6 is 11.3 Å². The summed E-state index contributed by atoms with van der Waals surface area (Å²) in [5, 5.41) is 10.7. The summed E-state index contributed by atoms with van der Waals surface area (Å²) in [4.78, 5) is 24.2. The van der Waals surface area contributed by atoms with Gasteiger partial charge in [0, 0.05) is 24.3 Å². The number of rotatable bonds is 7. The van der Waals surface area contributed by atoms with Crippen molar-refractivity contribution in [3.05, 3.63) is 23.1 Å². The van der Waals surface area contributed by atoms with E-state index in [4.69, 9.17) is 9.47 Å². The lowest BCUT2D eigenvalue weighted by molar-refractivity contribution is -0.144. The third-order valence-electron chi connectivity index (χ3n) is 3.30. The van der Waals surface area contributed by atoms with Crippen molar-refractivity contribution in [1.29, 1.82) is 0 Å². The van der Waals surface area contributed by atoms with Crippen molar-refractivity contribution in [3.8, 4) is 11.5 Å². The van der Waals surface area contributed by atoms with Gasteiger partial charge in [-0.15, -0.1) is 11.3 Å². The number of phenolic OH excluding ortho intramolecular Hbond substituents is 1. The molecule has 0 radical (unpaired) electrons. The summed E-state index contributed by atoms with van der Waals surface area (Å²) in [7, 11) is 2.78. The van der Waals surface area contributed by atoms with Crippen LogP contribution in [0.5, 0.6) is 11.5 Å². The molecule has 0 aliphatic carbocycles. The van der Waals surface area contributed by atoms with Crippen LogP contribution in [0.3, 0.4) is 0 Å². The number of hydrogen-bond donors (Lipinski definition) is 1. The van der Waals surface area contributed by atoms with E-state index >= 15 is 0 Å². The van der Waals surface area contributed by atoms with Crippen LogP contribution in [-0.4, -0.2) is 37.9 Å². The lowest BCUT2D eigenvalue weighted by Gasteiger charge is -2.06. The van der Waals surface area contributed by atoms with E-state index in [0.717, 1.165) is 10.1 Å². The fraction of sp³-hybridized carbons (Fsp3) is 0.375. The second-order valence-electron chi connectivity index (χ2n) is 5.07. The van der Waals surface area contributed by atoms with Crippen molar-refractivity contribution in [2.75, 3.05) is 21.0 Å². The van der Waals surface area contributed by atoms with Crippen molar-refractivity contribution in [3.63, 3.8) is 0 Å². The van der Waals surface area contributed by atoms with Crippen molar-refractivity contribution in [2.45, 2.75) is 13.3 Å². The van der Waals surface area contributed by atoms with Crippen LogP contribution in [0, 0.1) is 5.92 Å². The van der Waals surface area contributed by atoms with E-state index < -0.39 is 11.9 Å². The second kappa shape index (κ2) is 7.43. The van der Waals surface area contributed by atoms with Gasteiger partial charge in [0.05, 0.1) is 17.9 Å². The maximum atomic E-state index is 12.3. The molecule has 1 atom stereocenters. The van der Waals surface area contributed by atoms with Crippen molar-refractivity contribution in [2.24, 2.45) is 5.92 Å². The van der Waals surface area contributed by atoms with Gasteiger partial charge in [-0.05, 0) is 17.5 Å². The Labute approximate surface area is 137 Å². The van der Waals surface area contributed by atoms with E-state index in [2.05, 4.69) is 4.74 Å². The molecule has 0 bridgehead atoms. The SMILES string of the molecule is COCOc1cc2sc(C(=O)CC(C)C(=O)OC)cc2cc1O. The first-order valence-corrected chi connectivity index (χ1v) is 7.77. The first-order valence-electron chi connectivity index (χ1n) is 6.95. The van der Waals surface area contributed by atoms with Crippen LogP contribution in [0.25, 0.3) is 10.1 Å². The molecule has 0 aliphatic rings. The van der Waals surface area contributed by atoms with Crippen LogP contribution in [0.15, 0.2) is 18.2 Å². The number of aromatic hydroxyl groups is 1. The van der Waals surface area contributed by atoms with Crippen molar-refractivity contribution < 1.29 is 28.9 Å². The van der Waals surface area contributed by atoms with Gasteiger partial charge in [-0.25, -0.2) is 0 Å². The zero-order valence-corrected chi connectivity index (χ0v) is 13.9. The van der Waals surface area contributed by atoms with Gasteiger partial charge < -0.3 is 19.3 Å². The quantitative estimate of drug-likeness (QED) is 0.475. The van der Waals surface area contributed by atoms with Gasteiger partial charge in [0.25, 0.3) is 0 Å². The minimum Gasteiger partial charge on any atom is -0.504 e. The van der Waals surface area contributed by atoms with E-state index in [1.807, 2.05) is 0 Å². The van der Waals surface area contributed by atoms with Gasteiger partial charge in [0.15, 0.2) is 24.1 Å². The number of benzene rings is 1. The van der Waals surface area contributed by atoms with Crippen molar-refractivity contribution >= 4 is 33.2 Å². The Morgan fingerprint density at radius 3 is 2.65 bits per heavy atom. The molecule has 1 aromatic heterocycles. The highest BCUT2D eigenvalue weighted by Crippen LogP contribution is 2.36. The molecule has 1 aromatic carbocycles. The Balaban J connectivity index is 2.22. The highest BCUT2D eigenvalue weighted by Gasteiger charge is 2.20. The predicted molar refractivity (Wildman–Crippen MR) is 86.1 cm³/mol. The summed E-state index contributed by atoms with van der Waals surface area (Å²) in [6.07, 6.45) is 0.0819. The van der Waals surface area contributed by atoms with Gasteiger partial charge >= 0.3 is 5.97 Å². The highest BCUT2D eigenvalue weighted by molar-refractivity contribution is 7.20. The zero-order chi connectivity index (χ0) is 17.0. The van der Waals surface area contributed by atoms with Crippen LogP contribution < -0.4 is 4.74 Å². The molecule has 6 nitrogen and oxygen atoms in total. The minimum absolute atomic E-state index is 0.0192. The number of ether oxygens (including phenoxy) is 3. The molecule has 7 heteroatoms. The molecular weight excluding hydrogens is 320 g/mol. The zero-order valence-electron chi connectivity index (χ0n) is 13.1.